The van der Waals surface area contributed by atoms with Crippen LogP contribution >= 0.6 is 0 Å². The van der Waals surface area contributed by atoms with Gasteiger partial charge in [0, 0.05) is 35.9 Å². The zero-order valence-electron chi connectivity index (χ0n) is 26.6. The number of nitrogens with one attached hydrogen (secondary N) is 1. The second kappa shape index (κ2) is 14.6. The Morgan fingerprint density at radius 1 is 0.940 bits per heavy atom. The number of pyridine rings is 2. The van der Waals surface area contributed by atoms with Crippen molar-refractivity contribution in [1.29, 1.82) is 0 Å². The molecule has 6 rings (SSSR count). The Morgan fingerprint density at radius 2 is 1.70 bits per heavy atom. The zero-order valence-corrected chi connectivity index (χ0v) is 26.6. The summed E-state index contributed by atoms with van der Waals surface area (Å²) in [5, 5.41) is 2.87. The number of fused-ring (bicyclic) bond motifs is 1. The van der Waals surface area contributed by atoms with Gasteiger partial charge in [-0.1, -0.05) is 18.2 Å². The third-order valence-corrected chi connectivity index (χ3v) is 8.56. The molecule has 3 heterocycles. The SMILES string of the molecule is NC(=O)c1cc(-c2cccnc2[C@H](Cc2cc(F)cc(F)c2)NC(=O)Cn2cc(C(F)(F)OCc3ccccn3)c3c2CCCC3)ccc1F. The lowest BCUT2D eigenvalue weighted by Gasteiger charge is -2.23. The van der Waals surface area contributed by atoms with E-state index in [0.717, 1.165) is 30.7 Å². The molecule has 0 aliphatic heterocycles. The minimum atomic E-state index is -3.66. The van der Waals surface area contributed by atoms with Crippen LogP contribution in [-0.4, -0.2) is 26.3 Å². The molecule has 1 atom stereocenters. The molecule has 50 heavy (non-hydrogen) atoms. The molecule has 2 amide bonds. The number of hydrogen-bond acceptors (Lipinski definition) is 5. The van der Waals surface area contributed by atoms with Crippen molar-refractivity contribution in [3.63, 3.8) is 0 Å². The van der Waals surface area contributed by atoms with Gasteiger partial charge in [-0.05, 0) is 91.3 Å². The van der Waals surface area contributed by atoms with E-state index < -0.39 is 48.0 Å². The number of nitrogens with zero attached hydrogens (tertiary/aromatic N) is 3. The third-order valence-electron chi connectivity index (χ3n) is 8.56. The number of ether oxygens (including phenoxy) is 1. The Balaban J connectivity index is 1.32. The van der Waals surface area contributed by atoms with Crippen molar-refractivity contribution < 1.29 is 36.3 Å². The van der Waals surface area contributed by atoms with Crippen LogP contribution in [0.4, 0.5) is 22.0 Å². The smallest absolute Gasteiger partial charge is 0.366 e. The summed E-state index contributed by atoms with van der Waals surface area (Å²) < 4.78 is 80.4. The largest absolute Gasteiger partial charge is 0.385 e. The first-order valence-corrected chi connectivity index (χ1v) is 15.9. The van der Waals surface area contributed by atoms with E-state index in [0.29, 0.717) is 47.3 Å². The lowest BCUT2D eigenvalue weighted by Crippen LogP contribution is -2.34. The molecule has 13 heteroatoms. The van der Waals surface area contributed by atoms with Crippen molar-refractivity contribution in [2.24, 2.45) is 5.73 Å². The molecule has 8 nitrogen and oxygen atoms in total. The number of halogens is 5. The second-order valence-corrected chi connectivity index (χ2v) is 12.0. The molecular weight excluding hydrogens is 657 g/mol. The van der Waals surface area contributed by atoms with Crippen LogP contribution in [0.1, 0.15) is 63.0 Å². The number of alkyl halides is 2. The van der Waals surface area contributed by atoms with E-state index in [2.05, 4.69) is 15.3 Å². The number of benzene rings is 2. The van der Waals surface area contributed by atoms with Crippen LogP contribution in [0.15, 0.2) is 85.3 Å². The normalized spacial score (nSPS) is 13.5. The number of carbonyl (C=O) groups is 2. The maximum absolute atomic E-state index is 15.5. The molecule has 0 radical (unpaired) electrons. The number of primary amides is 1. The molecule has 0 unspecified atom stereocenters. The highest BCUT2D eigenvalue weighted by molar-refractivity contribution is 5.94. The Morgan fingerprint density at radius 3 is 2.44 bits per heavy atom. The van der Waals surface area contributed by atoms with Crippen LogP contribution in [0.25, 0.3) is 11.1 Å². The van der Waals surface area contributed by atoms with E-state index in [1.807, 2.05) is 0 Å². The summed E-state index contributed by atoms with van der Waals surface area (Å²) in [7, 11) is 0. The minimum absolute atomic E-state index is 0.122. The van der Waals surface area contributed by atoms with Crippen molar-refractivity contribution in [1.82, 2.24) is 19.9 Å². The summed E-state index contributed by atoms with van der Waals surface area (Å²) in [6.45, 7) is -0.769. The molecule has 1 aliphatic rings. The first kappa shape index (κ1) is 34.4. The van der Waals surface area contributed by atoms with E-state index in [-0.39, 0.29) is 35.3 Å². The molecule has 0 bridgehead atoms. The highest BCUT2D eigenvalue weighted by Gasteiger charge is 2.39. The van der Waals surface area contributed by atoms with Gasteiger partial charge in [-0.2, -0.15) is 8.78 Å². The molecule has 3 N–H and O–H groups in total. The molecule has 0 saturated heterocycles. The molecule has 0 fully saturated rings. The van der Waals surface area contributed by atoms with Crippen molar-refractivity contribution in [3.8, 4) is 11.1 Å². The van der Waals surface area contributed by atoms with Gasteiger partial charge in [0.05, 0.1) is 35.2 Å². The Kier molecular flexibility index (Phi) is 10.0. The quantitative estimate of drug-likeness (QED) is 0.142. The summed E-state index contributed by atoms with van der Waals surface area (Å²) in [5.41, 5.74) is 7.23. The van der Waals surface area contributed by atoms with Crippen molar-refractivity contribution in [3.05, 3.63) is 142 Å². The molecular formula is C37H32F5N5O3. The number of aromatic nitrogens is 3. The first-order chi connectivity index (χ1) is 24.0. The number of nitrogens with two attached hydrogens (primary N) is 1. The van der Waals surface area contributed by atoms with Crippen LogP contribution < -0.4 is 11.1 Å². The first-order valence-electron chi connectivity index (χ1n) is 15.9. The van der Waals surface area contributed by atoms with Crippen LogP contribution in [0, 0.1) is 17.5 Å². The monoisotopic (exact) mass is 689 g/mol. The lowest BCUT2D eigenvalue weighted by atomic mass is 9.94. The fraction of sp³-hybridized carbons (Fsp3) is 0.243. The summed E-state index contributed by atoms with van der Waals surface area (Å²) in [6, 6.07) is 13.8. The highest BCUT2D eigenvalue weighted by atomic mass is 19.3. The summed E-state index contributed by atoms with van der Waals surface area (Å²) in [5.74, 6) is -4.05. The Hall–Kier alpha value is -5.43. The minimum Gasteiger partial charge on any atom is -0.366 e. The average molecular weight is 690 g/mol. The van der Waals surface area contributed by atoms with Gasteiger partial charge in [-0.15, -0.1) is 0 Å². The van der Waals surface area contributed by atoms with Gasteiger partial charge in [-0.3, -0.25) is 19.6 Å². The predicted molar refractivity (Wildman–Crippen MR) is 173 cm³/mol. The van der Waals surface area contributed by atoms with Crippen LogP contribution in [0.3, 0.4) is 0 Å². The van der Waals surface area contributed by atoms with Crippen LogP contribution in [0.5, 0.6) is 0 Å². The van der Waals surface area contributed by atoms with E-state index in [9.17, 15) is 22.8 Å². The third kappa shape index (κ3) is 7.73. The molecule has 0 saturated carbocycles. The standard InChI is InChI=1S/C37H32F5N5O3/c38-24-14-22(15-25(39)18-24)16-32(35-27(8-5-13-45-35)23-10-11-31(40)29(17-23)36(43)49)46-34(48)20-47-19-30(28-7-1-2-9-33(28)47)37(41,42)50-21-26-6-3-4-12-44-26/h3-6,8,10-15,17-19,32H,1-2,7,9,16,20-21H2,(H2,43,49)(H,46,48)/t32-/m0/s1. The highest BCUT2D eigenvalue weighted by Crippen LogP contribution is 2.38. The number of rotatable bonds is 12. The van der Waals surface area contributed by atoms with Gasteiger partial charge in [-0.25, -0.2) is 13.2 Å². The fourth-order valence-corrected chi connectivity index (χ4v) is 6.32. The lowest BCUT2D eigenvalue weighted by molar-refractivity contribution is -0.256. The van der Waals surface area contributed by atoms with Gasteiger partial charge >= 0.3 is 6.11 Å². The molecule has 0 spiro atoms. The molecule has 5 aromatic rings. The van der Waals surface area contributed by atoms with Gasteiger partial charge in [0.25, 0.3) is 5.91 Å². The zero-order chi connectivity index (χ0) is 35.4. The van der Waals surface area contributed by atoms with E-state index in [1.54, 1.807) is 30.3 Å². The summed E-state index contributed by atoms with van der Waals surface area (Å²) >= 11 is 0. The van der Waals surface area contributed by atoms with E-state index >= 15 is 8.78 Å². The van der Waals surface area contributed by atoms with Crippen molar-refractivity contribution >= 4 is 11.8 Å². The molecule has 2 aromatic carbocycles. The van der Waals surface area contributed by atoms with Gasteiger partial charge in [0.15, 0.2) is 0 Å². The number of amides is 2. The van der Waals surface area contributed by atoms with E-state index in [4.69, 9.17) is 10.5 Å². The molecule has 1 aliphatic carbocycles. The number of hydrogen-bond donors (Lipinski definition) is 2. The topological polar surface area (TPSA) is 112 Å². The maximum atomic E-state index is 15.5. The van der Waals surface area contributed by atoms with E-state index in [1.165, 1.54) is 35.3 Å². The Labute approximate surface area is 284 Å². The Bertz CT molecular complexity index is 2020. The van der Waals surface area contributed by atoms with Crippen LogP contribution in [-0.2, 0) is 48.1 Å². The molecule has 3 aromatic heterocycles. The van der Waals surface area contributed by atoms with Crippen molar-refractivity contribution in [2.75, 3.05) is 0 Å². The van der Waals surface area contributed by atoms with Gasteiger partial charge in [0.2, 0.25) is 5.91 Å². The van der Waals surface area contributed by atoms with Gasteiger partial charge < -0.3 is 20.4 Å². The summed E-state index contributed by atoms with van der Waals surface area (Å²) in [4.78, 5) is 34.2. The van der Waals surface area contributed by atoms with Crippen LogP contribution in [0.2, 0.25) is 0 Å². The second-order valence-electron chi connectivity index (χ2n) is 12.0. The van der Waals surface area contributed by atoms with Crippen molar-refractivity contribution in [2.45, 2.75) is 57.4 Å². The fourth-order valence-electron chi connectivity index (χ4n) is 6.32. The average Bonchev–Trinajstić information content (AvgIpc) is 3.46. The molecule has 258 valence electrons. The number of carbonyl (C=O) groups excluding carboxylic acids is 2. The summed E-state index contributed by atoms with van der Waals surface area (Å²) in [6.07, 6.45) is 2.69. The van der Waals surface area contributed by atoms with Gasteiger partial charge in [0.1, 0.15) is 24.0 Å². The maximum Gasteiger partial charge on any atom is 0.385 e. The predicted octanol–water partition coefficient (Wildman–Crippen LogP) is 6.71.